The molecule has 0 bridgehead atoms. The van der Waals surface area contributed by atoms with E-state index in [0.29, 0.717) is 18.7 Å². The van der Waals surface area contributed by atoms with E-state index in [0.717, 1.165) is 0 Å². The largest absolute Gasteiger partial charge is 0.481 e. The van der Waals surface area contributed by atoms with E-state index in [-0.39, 0.29) is 17.9 Å². The molecule has 0 aliphatic heterocycles. The molecule has 1 rings (SSSR count). The fourth-order valence-corrected chi connectivity index (χ4v) is 2.02. The first kappa shape index (κ1) is 13.6. The number of aromatic nitrogens is 3. The number of aliphatic carboxylic acids is 1. The van der Waals surface area contributed by atoms with Crippen molar-refractivity contribution in [1.29, 1.82) is 0 Å². The number of sulfone groups is 1. The van der Waals surface area contributed by atoms with Gasteiger partial charge in [0.1, 0.15) is 0 Å². The summed E-state index contributed by atoms with van der Waals surface area (Å²) >= 11 is 0. The molecule has 1 aromatic heterocycles. The molecule has 0 saturated carbocycles. The average molecular weight is 261 g/mol. The second-order valence-corrected chi connectivity index (χ2v) is 6.00. The molecule has 0 saturated heterocycles. The van der Waals surface area contributed by atoms with Crippen molar-refractivity contribution in [2.24, 2.45) is 0 Å². The van der Waals surface area contributed by atoms with Crippen molar-refractivity contribution < 1.29 is 18.3 Å². The Kier molecular flexibility index (Phi) is 4.62. The number of aryl methyl sites for hydroxylation is 1. The van der Waals surface area contributed by atoms with Crippen molar-refractivity contribution in [3.63, 3.8) is 0 Å². The minimum atomic E-state index is -3.10. The van der Waals surface area contributed by atoms with Crippen LogP contribution < -0.4 is 0 Å². The Morgan fingerprint density at radius 1 is 1.53 bits per heavy atom. The van der Waals surface area contributed by atoms with Gasteiger partial charge in [0.05, 0.1) is 11.4 Å². The fourth-order valence-electron chi connectivity index (χ4n) is 1.23. The molecule has 0 spiro atoms. The van der Waals surface area contributed by atoms with Gasteiger partial charge in [0.25, 0.3) is 0 Å². The third-order valence-electron chi connectivity index (χ3n) is 2.17. The van der Waals surface area contributed by atoms with Crippen molar-refractivity contribution in [3.05, 3.63) is 11.9 Å². The van der Waals surface area contributed by atoms with Gasteiger partial charge in [0.15, 0.2) is 9.84 Å². The monoisotopic (exact) mass is 261 g/mol. The highest BCUT2D eigenvalue weighted by molar-refractivity contribution is 7.90. The number of nitrogens with zero attached hydrogens (tertiary/aromatic N) is 3. The van der Waals surface area contributed by atoms with Gasteiger partial charge in [-0.3, -0.25) is 9.48 Å². The first-order valence-electron chi connectivity index (χ1n) is 5.24. The number of carbonyl (C=O) groups is 1. The fraction of sp³-hybridized carbons (Fsp3) is 0.667. The third-order valence-corrected chi connectivity index (χ3v) is 3.79. The van der Waals surface area contributed by atoms with Crippen LogP contribution in [0.2, 0.25) is 0 Å². The lowest BCUT2D eigenvalue weighted by molar-refractivity contribution is -0.137. The maximum atomic E-state index is 11.3. The number of rotatable bonds is 7. The quantitative estimate of drug-likeness (QED) is 0.745. The van der Waals surface area contributed by atoms with Crippen molar-refractivity contribution >= 4 is 15.8 Å². The Balaban J connectivity index is 2.51. The van der Waals surface area contributed by atoms with Crippen LogP contribution in [0.1, 0.15) is 25.5 Å². The van der Waals surface area contributed by atoms with E-state index in [2.05, 4.69) is 10.3 Å². The van der Waals surface area contributed by atoms with E-state index >= 15 is 0 Å². The molecule has 0 radical (unpaired) electrons. The normalized spacial score (nSPS) is 11.6. The zero-order valence-corrected chi connectivity index (χ0v) is 10.4. The molecule has 0 amide bonds. The summed E-state index contributed by atoms with van der Waals surface area (Å²) in [6.07, 6.45) is 2.04. The molecule has 0 fully saturated rings. The molecule has 17 heavy (non-hydrogen) atoms. The highest BCUT2D eigenvalue weighted by atomic mass is 32.2. The summed E-state index contributed by atoms with van der Waals surface area (Å²) in [5.41, 5.74) is 0.391. The van der Waals surface area contributed by atoms with Crippen LogP contribution in [0.3, 0.4) is 0 Å². The van der Waals surface area contributed by atoms with E-state index in [9.17, 15) is 13.2 Å². The zero-order valence-electron chi connectivity index (χ0n) is 9.53. The summed E-state index contributed by atoms with van der Waals surface area (Å²) in [5, 5.41) is 15.9. The minimum Gasteiger partial charge on any atom is -0.481 e. The van der Waals surface area contributed by atoms with Gasteiger partial charge in [-0.05, 0) is 6.42 Å². The standard InChI is InChI=1S/C9H15N3O4S/c1-2-17(15,16)7-8-6-12(11-10-8)5-3-4-9(13)14/h6H,2-5,7H2,1H3,(H,13,14). The summed E-state index contributed by atoms with van der Waals surface area (Å²) in [6, 6.07) is 0. The third kappa shape index (κ3) is 4.94. The molecule has 0 aliphatic carbocycles. The van der Waals surface area contributed by atoms with E-state index in [1.165, 1.54) is 10.9 Å². The minimum absolute atomic E-state index is 0.0580. The van der Waals surface area contributed by atoms with Crippen LogP contribution >= 0.6 is 0 Å². The maximum absolute atomic E-state index is 11.3. The molecule has 1 heterocycles. The number of carboxylic acids is 1. The summed E-state index contributed by atoms with van der Waals surface area (Å²) in [7, 11) is -3.10. The molecule has 8 heteroatoms. The van der Waals surface area contributed by atoms with Gasteiger partial charge >= 0.3 is 5.97 Å². The lowest BCUT2D eigenvalue weighted by Gasteiger charge is -1.97. The second kappa shape index (κ2) is 5.76. The molecule has 96 valence electrons. The molecule has 0 unspecified atom stereocenters. The SMILES string of the molecule is CCS(=O)(=O)Cc1cn(CCCC(=O)O)nn1. The molecular formula is C9H15N3O4S. The van der Waals surface area contributed by atoms with Crippen LogP contribution in [0.25, 0.3) is 0 Å². The highest BCUT2D eigenvalue weighted by Gasteiger charge is 2.12. The number of hydrogen-bond acceptors (Lipinski definition) is 5. The molecule has 7 nitrogen and oxygen atoms in total. The predicted molar refractivity (Wildman–Crippen MR) is 60.1 cm³/mol. The van der Waals surface area contributed by atoms with E-state index in [4.69, 9.17) is 5.11 Å². The first-order valence-corrected chi connectivity index (χ1v) is 7.06. The molecular weight excluding hydrogens is 246 g/mol. The Labute approximate surface area is 99.4 Å². The Hall–Kier alpha value is -1.44. The molecule has 1 aromatic rings. The molecule has 0 atom stereocenters. The molecule has 0 aromatic carbocycles. The Morgan fingerprint density at radius 2 is 2.24 bits per heavy atom. The summed E-state index contributed by atoms with van der Waals surface area (Å²) < 4.78 is 24.1. The first-order chi connectivity index (χ1) is 7.93. The van der Waals surface area contributed by atoms with Crippen LogP contribution in [-0.4, -0.2) is 40.2 Å². The average Bonchev–Trinajstić information content (AvgIpc) is 2.64. The van der Waals surface area contributed by atoms with E-state index in [1.54, 1.807) is 6.92 Å². The number of hydrogen-bond donors (Lipinski definition) is 1. The number of carboxylic acid groups (broad SMARTS) is 1. The van der Waals surface area contributed by atoms with Crippen LogP contribution in [0.4, 0.5) is 0 Å². The lowest BCUT2D eigenvalue weighted by Crippen LogP contribution is -2.06. The van der Waals surface area contributed by atoms with Crippen LogP contribution in [0, 0.1) is 0 Å². The summed E-state index contributed by atoms with van der Waals surface area (Å²) in [5.74, 6) is -0.916. The summed E-state index contributed by atoms with van der Waals surface area (Å²) in [4.78, 5) is 10.3. The van der Waals surface area contributed by atoms with Gasteiger partial charge in [0.2, 0.25) is 0 Å². The maximum Gasteiger partial charge on any atom is 0.303 e. The topological polar surface area (TPSA) is 102 Å². The van der Waals surface area contributed by atoms with Crippen molar-refractivity contribution in [2.75, 3.05) is 5.75 Å². The van der Waals surface area contributed by atoms with Crippen LogP contribution in [0.15, 0.2) is 6.20 Å². The Bertz CT molecular complexity index is 480. The molecule has 0 aliphatic rings. The van der Waals surface area contributed by atoms with Gasteiger partial charge in [-0.25, -0.2) is 8.42 Å². The van der Waals surface area contributed by atoms with Crippen molar-refractivity contribution in [1.82, 2.24) is 15.0 Å². The zero-order chi connectivity index (χ0) is 12.9. The van der Waals surface area contributed by atoms with Crippen LogP contribution in [0.5, 0.6) is 0 Å². The summed E-state index contributed by atoms with van der Waals surface area (Å²) in [6.45, 7) is 2.00. The smallest absolute Gasteiger partial charge is 0.303 e. The van der Waals surface area contributed by atoms with Crippen molar-refractivity contribution in [3.8, 4) is 0 Å². The van der Waals surface area contributed by atoms with E-state index < -0.39 is 15.8 Å². The van der Waals surface area contributed by atoms with Crippen LogP contribution in [-0.2, 0) is 26.9 Å². The molecule has 1 N–H and O–H groups in total. The predicted octanol–water partition coefficient (Wildman–Crippen LogP) is 0.0776. The van der Waals surface area contributed by atoms with Gasteiger partial charge in [-0.15, -0.1) is 5.10 Å². The lowest BCUT2D eigenvalue weighted by atomic mass is 10.3. The second-order valence-electron chi connectivity index (χ2n) is 3.65. The van der Waals surface area contributed by atoms with E-state index in [1.807, 2.05) is 0 Å². The van der Waals surface area contributed by atoms with Gasteiger partial charge in [0, 0.05) is 24.9 Å². The van der Waals surface area contributed by atoms with Gasteiger partial charge in [-0.1, -0.05) is 12.1 Å². The van der Waals surface area contributed by atoms with Gasteiger partial charge < -0.3 is 5.11 Å². The Morgan fingerprint density at radius 3 is 2.82 bits per heavy atom. The highest BCUT2D eigenvalue weighted by Crippen LogP contribution is 2.03. The van der Waals surface area contributed by atoms with Gasteiger partial charge in [-0.2, -0.15) is 0 Å². The van der Waals surface area contributed by atoms with Crippen molar-refractivity contribution in [2.45, 2.75) is 32.1 Å².